The van der Waals surface area contributed by atoms with Crippen molar-refractivity contribution < 1.29 is 50.1 Å². The molecule has 4 rings (SSSR count). The molecule has 10 nitrogen and oxygen atoms in total. The number of carboxylic acid groups (broad SMARTS) is 1. The van der Waals surface area contributed by atoms with Crippen LogP contribution in [0.25, 0.3) is 6.08 Å². The number of carboxylic acids is 1. The van der Waals surface area contributed by atoms with Crippen molar-refractivity contribution in [3.8, 4) is 34.5 Å². The number of carbonyl (C=O) groups is 2. The number of phenolic OH excluding ortho intramolecular Hbond substituents is 6. The zero-order chi connectivity index (χ0) is 26.1. The Kier molecular flexibility index (Phi) is 6.35. The third-order valence-corrected chi connectivity index (χ3v) is 5.97. The van der Waals surface area contributed by atoms with Crippen LogP contribution < -0.4 is 0 Å². The van der Waals surface area contributed by atoms with Gasteiger partial charge in [-0.15, -0.1) is 0 Å². The summed E-state index contributed by atoms with van der Waals surface area (Å²) < 4.78 is 5.30. The van der Waals surface area contributed by atoms with E-state index in [0.29, 0.717) is 16.7 Å². The van der Waals surface area contributed by atoms with Crippen LogP contribution in [0.3, 0.4) is 0 Å². The standard InChI is InChI=1S/C26H22O10/c27-17-4-1-12(8-20(17)30)7-15-16(11-14-3-6-19(29)24(32)23(14)15)26(35)36-22(25(33)34)10-13-2-5-18(28)21(31)9-13/h1-6,8-9,11,15,22,27-32H,7,10H2,(H,33,34). The Morgan fingerprint density at radius 1 is 0.778 bits per heavy atom. The molecule has 10 heteroatoms. The fourth-order valence-electron chi connectivity index (χ4n) is 4.16. The smallest absolute Gasteiger partial charge is 0.345 e. The van der Waals surface area contributed by atoms with E-state index in [0.717, 1.165) is 6.07 Å². The van der Waals surface area contributed by atoms with E-state index in [1.165, 1.54) is 48.5 Å². The van der Waals surface area contributed by atoms with Crippen LogP contribution in [0.2, 0.25) is 0 Å². The number of ether oxygens (including phenoxy) is 1. The van der Waals surface area contributed by atoms with Crippen LogP contribution in [0, 0.1) is 0 Å². The van der Waals surface area contributed by atoms with Gasteiger partial charge in [0.05, 0.1) is 0 Å². The van der Waals surface area contributed by atoms with Crippen LogP contribution in [0.5, 0.6) is 34.5 Å². The van der Waals surface area contributed by atoms with Gasteiger partial charge in [-0.05, 0) is 59.5 Å². The number of rotatable bonds is 7. The number of carbonyl (C=O) groups excluding carboxylic acids is 1. The van der Waals surface area contributed by atoms with E-state index >= 15 is 0 Å². The van der Waals surface area contributed by atoms with E-state index < -0.39 is 41.2 Å². The first-order valence-electron chi connectivity index (χ1n) is 10.8. The van der Waals surface area contributed by atoms with Crippen molar-refractivity contribution in [3.63, 3.8) is 0 Å². The summed E-state index contributed by atoms with van der Waals surface area (Å²) in [6.45, 7) is 0. The highest BCUT2D eigenvalue weighted by Gasteiger charge is 2.36. The molecule has 7 N–H and O–H groups in total. The topological polar surface area (TPSA) is 185 Å². The molecule has 1 aliphatic carbocycles. The van der Waals surface area contributed by atoms with Crippen molar-refractivity contribution >= 4 is 18.0 Å². The fourth-order valence-corrected chi connectivity index (χ4v) is 4.16. The summed E-state index contributed by atoms with van der Waals surface area (Å²) in [5.74, 6) is -5.71. The molecular formula is C26H22O10. The molecule has 0 radical (unpaired) electrons. The molecule has 0 saturated carbocycles. The first-order chi connectivity index (χ1) is 17.0. The zero-order valence-corrected chi connectivity index (χ0v) is 18.6. The second-order valence-corrected chi connectivity index (χ2v) is 8.38. The number of hydrogen-bond acceptors (Lipinski definition) is 9. The molecular weight excluding hydrogens is 472 g/mol. The summed E-state index contributed by atoms with van der Waals surface area (Å²) in [7, 11) is 0. The zero-order valence-electron chi connectivity index (χ0n) is 18.6. The van der Waals surface area contributed by atoms with Crippen LogP contribution in [-0.4, -0.2) is 53.8 Å². The SMILES string of the molecule is O=C(OC(Cc1ccc(O)c(O)c1)C(=O)O)C1=Cc2ccc(O)c(O)c2C1Cc1ccc(O)c(O)c1. The van der Waals surface area contributed by atoms with E-state index in [9.17, 15) is 45.3 Å². The van der Waals surface area contributed by atoms with Crippen LogP contribution in [0.4, 0.5) is 0 Å². The third-order valence-electron chi connectivity index (χ3n) is 5.97. The minimum atomic E-state index is -1.63. The lowest BCUT2D eigenvalue weighted by molar-refractivity contribution is -0.161. The first kappa shape index (κ1) is 24.3. The number of aliphatic carboxylic acids is 1. The van der Waals surface area contributed by atoms with E-state index in [1.807, 2.05) is 0 Å². The van der Waals surface area contributed by atoms with Crippen LogP contribution in [0.1, 0.15) is 28.2 Å². The second-order valence-electron chi connectivity index (χ2n) is 8.38. The highest BCUT2D eigenvalue weighted by atomic mass is 16.6. The van der Waals surface area contributed by atoms with E-state index in [2.05, 4.69) is 0 Å². The molecule has 36 heavy (non-hydrogen) atoms. The van der Waals surface area contributed by atoms with Crippen LogP contribution in [-0.2, 0) is 27.2 Å². The van der Waals surface area contributed by atoms with Gasteiger partial charge in [0.2, 0.25) is 6.10 Å². The molecule has 0 heterocycles. The number of phenols is 6. The maximum Gasteiger partial charge on any atom is 0.345 e. The average molecular weight is 494 g/mol. The average Bonchev–Trinajstić information content (AvgIpc) is 3.19. The van der Waals surface area contributed by atoms with E-state index in [-0.39, 0.29) is 41.2 Å². The summed E-state index contributed by atoms with van der Waals surface area (Å²) >= 11 is 0. The highest BCUT2D eigenvalue weighted by molar-refractivity contribution is 6.00. The predicted octanol–water partition coefficient (Wildman–Crippen LogP) is 2.88. The van der Waals surface area contributed by atoms with Gasteiger partial charge in [-0.25, -0.2) is 9.59 Å². The van der Waals surface area contributed by atoms with E-state index in [1.54, 1.807) is 0 Å². The van der Waals surface area contributed by atoms with Crippen molar-refractivity contribution in [3.05, 3.63) is 76.4 Å². The van der Waals surface area contributed by atoms with Crippen molar-refractivity contribution in [2.24, 2.45) is 0 Å². The minimum absolute atomic E-state index is 0.0123. The lowest BCUT2D eigenvalue weighted by Crippen LogP contribution is -2.30. The van der Waals surface area contributed by atoms with Gasteiger partial charge in [-0.3, -0.25) is 0 Å². The maximum absolute atomic E-state index is 13.2. The Morgan fingerprint density at radius 3 is 1.97 bits per heavy atom. The third kappa shape index (κ3) is 4.69. The van der Waals surface area contributed by atoms with Crippen molar-refractivity contribution in [1.29, 1.82) is 0 Å². The molecule has 0 amide bonds. The molecule has 0 bridgehead atoms. The van der Waals surface area contributed by atoms with Crippen LogP contribution in [0.15, 0.2) is 54.1 Å². The number of aromatic hydroxyl groups is 6. The Balaban J connectivity index is 1.64. The summed E-state index contributed by atoms with van der Waals surface area (Å²) in [5.41, 5.74) is 1.44. The Bertz CT molecular complexity index is 1390. The largest absolute Gasteiger partial charge is 0.504 e. The molecule has 0 saturated heterocycles. The molecule has 2 atom stereocenters. The number of benzene rings is 3. The predicted molar refractivity (Wildman–Crippen MR) is 125 cm³/mol. The van der Waals surface area contributed by atoms with Gasteiger partial charge >= 0.3 is 11.9 Å². The van der Waals surface area contributed by atoms with Gasteiger partial charge in [-0.1, -0.05) is 18.2 Å². The molecule has 0 fully saturated rings. The Hall–Kier alpha value is -4.86. The van der Waals surface area contributed by atoms with Gasteiger partial charge in [0.1, 0.15) is 0 Å². The summed E-state index contributed by atoms with van der Waals surface area (Å²) in [6, 6.07) is 10.5. The lowest BCUT2D eigenvalue weighted by atomic mass is 9.88. The quantitative estimate of drug-likeness (QED) is 0.190. The minimum Gasteiger partial charge on any atom is -0.504 e. The van der Waals surface area contributed by atoms with Gasteiger partial charge in [0.25, 0.3) is 0 Å². The fraction of sp³-hybridized carbons (Fsp3) is 0.154. The summed E-state index contributed by atoms with van der Waals surface area (Å²) in [6.07, 6.45) is -0.459. The Labute approximate surface area is 204 Å². The molecule has 186 valence electrons. The Morgan fingerprint density at radius 2 is 1.36 bits per heavy atom. The van der Waals surface area contributed by atoms with Gasteiger partial charge in [0, 0.05) is 23.5 Å². The molecule has 0 spiro atoms. The van der Waals surface area contributed by atoms with Gasteiger partial charge in [0.15, 0.2) is 34.5 Å². The lowest BCUT2D eigenvalue weighted by Gasteiger charge is -2.20. The normalized spacial score (nSPS) is 15.1. The molecule has 1 aliphatic rings. The second kappa shape index (κ2) is 9.41. The molecule has 3 aromatic carbocycles. The highest BCUT2D eigenvalue weighted by Crippen LogP contribution is 2.47. The molecule has 2 unspecified atom stereocenters. The van der Waals surface area contributed by atoms with Crippen molar-refractivity contribution in [1.82, 2.24) is 0 Å². The molecule has 3 aromatic rings. The van der Waals surface area contributed by atoms with Gasteiger partial charge in [-0.2, -0.15) is 0 Å². The van der Waals surface area contributed by atoms with Gasteiger partial charge < -0.3 is 40.5 Å². The summed E-state index contributed by atoms with van der Waals surface area (Å²) in [5, 5.41) is 68.7. The molecule has 0 aromatic heterocycles. The van der Waals surface area contributed by atoms with Crippen molar-refractivity contribution in [2.75, 3.05) is 0 Å². The van der Waals surface area contributed by atoms with Crippen molar-refractivity contribution in [2.45, 2.75) is 24.9 Å². The number of esters is 1. The maximum atomic E-state index is 13.2. The van der Waals surface area contributed by atoms with Crippen LogP contribution >= 0.6 is 0 Å². The summed E-state index contributed by atoms with van der Waals surface area (Å²) in [4.78, 5) is 25.0. The monoisotopic (exact) mass is 494 g/mol. The van der Waals surface area contributed by atoms with E-state index in [4.69, 9.17) is 4.74 Å². The number of hydrogen-bond donors (Lipinski definition) is 7. The molecule has 0 aliphatic heterocycles. The first-order valence-corrected chi connectivity index (χ1v) is 10.8. The number of fused-ring (bicyclic) bond motifs is 1.